The highest BCUT2D eigenvalue weighted by molar-refractivity contribution is 6.04. The molecule has 0 radical (unpaired) electrons. The van der Waals surface area contributed by atoms with Crippen molar-refractivity contribution in [3.05, 3.63) is 12.2 Å². The highest BCUT2D eigenvalue weighted by Crippen LogP contribution is 1.92. The zero-order valence-corrected chi connectivity index (χ0v) is 7.10. The first-order valence-corrected chi connectivity index (χ1v) is 3.22. The molecule has 0 saturated carbocycles. The summed E-state index contributed by atoms with van der Waals surface area (Å²) in [5.41, 5.74) is 1.94. The largest absolute Gasteiger partial charge is 0.274 e. The van der Waals surface area contributed by atoms with Crippen LogP contribution in [-0.2, 0) is 0 Å². The number of nitrogens with zero attached hydrogens (tertiary/aromatic N) is 2. The quantitative estimate of drug-likeness (QED) is 0.391. The van der Waals surface area contributed by atoms with E-state index >= 15 is 0 Å². The molecule has 0 atom stereocenters. The average Bonchev–Trinajstić information content (AvgIpc) is 1.87. The maximum Gasteiger partial charge on any atom is 0.120 e. The van der Waals surface area contributed by atoms with E-state index in [0.29, 0.717) is 0 Å². The summed E-state index contributed by atoms with van der Waals surface area (Å²) in [5.74, 6) is 0.792. The molecule has 0 aromatic rings. The van der Waals surface area contributed by atoms with Gasteiger partial charge in [-0.25, -0.2) is 4.99 Å². The second kappa shape index (κ2) is 3.99. The molecule has 0 bridgehead atoms. The molecular weight excluding hydrogens is 124 g/mol. The molecule has 0 saturated heterocycles. The van der Waals surface area contributed by atoms with Crippen molar-refractivity contribution in [1.82, 2.24) is 0 Å². The van der Waals surface area contributed by atoms with Gasteiger partial charge in [0.15, 0.2) is 0 Å². The Labute approximate surface area is 62.4 Å². The Balaban J connectivity index is 4.31. The molecule has 0 aliphatic rings. The molecule has 0 N–H and O–H groups in total. The molecule has 10 heavy (non-hydrogen) atoms. The van der Waals surface area contributed by atoms with Gasteiger partial charge < -0.3 is 0 Å². The maximum absolute atomic E-state index is 4.16. The number of hydrogen-bond donors (Lipinski definition) is 0. The smallest absolute Gasteiger partial charge is 0.120 e. The van der Waals surface area contributed by atoms with E-state index in [1.54, 1.807) is 7.05 Å². The van der Waals surface area contributed by atoms with Crippen molar-refractivity contribution >= 4 is 11.5 Å². The zero-order valence-electron chi connectivity index (χ0n) is 7.10. The molecule has 0 aromatic heterocycles. The Hall–Kier alpha value is -0.920. The van der Waals surface area contributed by atoms with Gasteiger partial charge in [0, 0.05) is 12.8 Å². The molecule has 2 heteroatoms. The Morgan fingerprint density at radius 2 is 1.70 bits per heavy atom. The zero-order chi connectivity index (χ0) is 8.15. The van der Waals surface area contributed by atoms with Crippen LogP contribution in [0.5, 0.6) is 0 Å². The Kier molecular flexibility index (Phi) is 3.62. The van der Waals surface area contributed by atoms with Crippen LogP contribution < -0.4 is 0 Å². The normalized spacial score (nSPS) is 13.6. The summed E-state index contributed by atoms with van der Waals surface area (Å²) in [5, 5.41) is 0. The van der Waals surface area contributed by atoms with Gasteiger partial charge in [-0.15, -0.1) is 0 Å². The van der Waals surface area contributed by atoms with Crippen molar-refractivity contribution in [2.75, 3.05) is 7.05 Å². The molecule has 0 rings (SSSR count). The average molecular weight is 138 g/mol. The van der Waals surface area contributed by atoms with Gasteiger partial charge >= 0.3 is 0 Å². The van der Waals surface area contributed by atoms with Crippen LogP contribution in [0, 0.1) is 0 Å². The van der Waals surface area contributed by atoms with Gasteiger partial charge in [0.1, 0.15) is 5.84 Å². The van der Waals surface area contributed by atoms with Crippen LogP contribution in [0.3, 0.4) is 0 Å². The van der Waals surface area contributed by atoms with Crippen molar-refractivity contribution in [2.45, 2.75) is 20.8 Å². The molecule has 56 valence electrons. The van der Waals surface area contributed by atoms with Gasteiger partial charge in [-0.1, -0.05) is 6.58 Å². The first kappa shape index (κ1) is 9.08. The molecule has 0 aromatic carbocycles. The van der Waals surface area contributed by atoms with Crippen molar-refractivity contribution in [3.8, 4) is 0 Å². The Morgan fingerprint density at radius 3 is 2.00 bits per heavy atom. The summed E-state index contributed by atoms with van der Waals surface area (Å²) in [6, 6.07) is 0. The second-order valence-electron chi connectivity index (χ2n) is 2.25. The molecule has 0 aliphatic heterocycles. The fourth-order valence-electron chi connectivity index (χ4n) is 0.388. The second-order valence-corrected chi connectivity index (χ2v) is 2.25. The summed E-state index contributed by atoms with van der Waals surface area (Å²) in [6.45, 7) is 9.48. The van der Waals surface area contributed by atoms with Crippen LogP contribution >= 0.6 is 0 Å². The third-order valence-corrected chi connectivity index (χ3v) is 1.27. The lowest BCUT2D eigenvalue weighted by Crippen LogP contribution is -1.96. The van der Waals surface area contributed by atoms with Crippen LogP contribution in [-0.4, -0.2) is 18.6 Å². The predicted molar refractivity (Wildman–Crippen MR) is 47.0 cm³/mol. The fourth-order valence-corrected chi connectivity index (χ4v) is 0.388. The van der Waals surface area contributed by atoms with Crippen LogP contribution in [0.15, 0.2) is 22.1 Å². The molecule has 0 amide bonds. The van der Waals surface area contributed by atoms with E-state index in [0.717, 1.165) is 17.1 Å². The molecule has 0 heterocycles. The third kappa shape index (κ3) is 3.17. The van der Waals surface area contributed by atoms with Crippen LogP contribution in [0.25, 0.3) is 0 Å². The van der Waals surface area contributed by atoms with Gasteiger partial charge in [0.25, 0.3) is 0 Å². The molecule has 2 nitrogen and oxygen atoms in total. The van der Waals surface area contributed by atoms with Crippen LogP contribution in [0.4, 0.5) is 0 Å². The van der Waals surface area contributed by atoms with Gasteiger partial charge in [0.05, 0.1) is 0 Å². The minimum Gasteiger partial charge on any atom is -0.274 e. The number of rotatable bonds is 1. The molecule has 0 fully saturated rings. The van der Waals surface area contributed by atoms with Crippen LogP contribution in [0.1, 0.15) is 20.8 Å². The van der Waals surface area contributed by atoms with E-state index in [-0.39, 0.29) is 0 Å². The lowest BCUT2D eigenvalue weighted by molar-refractivity contribution is 1.37. The lowest BCUT2D eigenvalue weighted by Gasteiger charge is -1.96. The highest BCUT2D eigenvalue weighted by atomic mass is 14.9. The summed E-state index contributed by atoms with van der Waals surface area (Å²) >= 11 is 0. The third-order valence-electron chi connectivity index (χ3n) is 1.27. The predicted octanol–water partition coefficient (Wildman–Crippen LogP) is 2.07. The van der Waals surface area contributed by atoms with Crippen LogP contribution in [0.2, 0.25) is 0 Å². The minimum absolute atomic E-state index is 0.792. The summed E-state index contributed by atoms with van der Waals surface area (Å²) in [6.07, 6.45) is 0. The van der Waals surface area contributed by atoms with Gasteiger partial charge in [0.2, 0.25) is 0 Å². The standard InChI is InChI=1S/C8H14N2/c1-6(2)7(3)10-8(4)9-5/h1H2,2-5H3. The van der Waals surface area contributed by atoms with E-state index in [2.05, 4.69) is 16.6 Å². The number of allylic oxidation sites excluding steroid dienone is 1. The maximum atomic E-state index is 4.16. The molecule has 0 aliphatic carbocycles. The summed E-state index contributed by atoms with van der Waals surface area (Å²) in [4.78, 5) is 8.06. The van der Waals surface area contributed by atoms with Crippen molar-refractivity contribution in [2.24, 2.45) is 9.98 Å². The topological polar surface area (TPSA) is 24.7 Å². The molecule has 0 unspecified atom stereocenters. The van der Waals surface area contributed by atoms with E-state index < -0.39 is 0 Å². The van der Waals surface area contributed by atoms with Gasteiger partial charge in [-0.05, 0) is 26.3 Å². The van der Waals surface area contributed by atoms with Gasteiger partial charge in [-0.3, -0.25) is 4.99 Å². The van der Waals surface area contributed by atoms with Crippen molar-refractivity contribution in [1.29, 1.82) is 0 Å². The lowest BCUT2D eigenvalue weighted by atomic mass is 10.2. The SMILES string of the molecule is C=C(C)C(C)=NC(C)=NC. The summed E-state index contributed by atoms with van der Waals surface area (Å²) < 4.78 is 0. The molecular formula is C8H14N2. The fraction of sp³-hybridized carbons (Fsp3) is 0.500. The van der Waals surface area contributed by atoms with E-state index in [4.69, 9.17) is 0 Å². The number of hydrogen-bond acceptors (Lipinski definition) is 1. The Bertz CT molecular complexity index is 187. The van der Waals surface area contributed by atoms with Crippen molar-refractivity contribution < 1.29 is 0 Å². The first-order valence-electron chi connectivity index (χ1n) is 3.22. The number of amidine groups is 1. The van der Waals surface area contributed by atoms with Crippen molar-refractivity contribution in [3.63, 3.8) is 0 Å². The Morgan fingerprint density at radius 1 is 1.20 bits per heavy atom. The molecule has 0 spiro atoms. The number of aliphatic imine (C=N–C) groups is 2. The minimum atomic E-state index is 0.792. The first-order chi connectivity index (χ1) is 4.57. The van der Waals surface area contributed by atoms with E-state index in [9.17, 15) is 0 Å². The monoisotopic (exact) mass is 138 g/mol. The highest BCUT2D eigenvalue weighted by Gasteiger charge is 1.90. The van der Waals surface area contributed by atoms with E-state index in [1.165, 1.54) is 0 Å². The van der Waals surface area contributed by atoms with E-state index in [1.807, 2.05) is 20.8 Å². The van der Waals surface area contributed by atoms with Gasteiger partial charge in [-0.2, -0.15) is 0 Å². The summed E-state index contributed by atoms with van der Waals surface area (Å²) in [7, 11) is 1.73.